The van der Waals surface area contributed by atoms with Crippen LogP contribution in [0.15, 0.2) is 11.3 Å². The number of aromatic nitrogens is 3. The fourth-order valence-corrected chi connectivity index (χ4v) is 2.64. The molecule has 1 aromatic heterocycles. The predicted molar refractivity (Wildman–Crippen MR) is 66.5 cm³/mol. The summed E-state index contributed by atoms with van der Waals surface area (Å²) in [5.41, 5.74) is 0. The number of nitrogens with one attached hydrogen (secondary N) is 1. The van der Waals surface area contributed by atoms with Crippen LogP contribution in [0, 0.1) is 0 Å². The number of aryl methyl sites for hydroxylation is 1. The number of aliphatic imine (C=N–C) groups is 1. The zero-order valence-corrected chi connectivity index (χ0v) is 10.5. The summed E-state index contributed by atoms with van der Waals surface area (Å²) >= 11 is 1.79. The van der Waals surface area contributed by atoms with E-state index in [0.29, 0.717) is 12.6 Å². The largest absolute Gasteiger partial charge is 0.361 e. The van der Waals surface area contributed by atoms with Crippen LogP contribution in [0.5, 0.6) is 0 Å². The van der Waals surface area contributed by atoms with Crippen LogP contribution in [0.25, 0.3) is 0 Å². The average molecular weight is 239 g/mol. The predicted octanol–water partition coefficient (Wildman–Crippen LogP) is 1.27. The Morgan fingerprint density at radius 1 is 1.62 bits per heavy atom. The van der Waals surface area contributed by atoms with Crippen molar-refractivity contribution < 1.29 is 0 Å². The summed E-state index contributed by atoms with van der Waals surface area (Å²) in [5, 5.41) is 12.4. The Kier molecular flexibility index (Phi) is 3.82. The Morgan fingerprint density at radius 3 is 3.19 bits per heavy atom. The molecule has 0 amide bonds. The van der Waals surface area contributed by atoms with Crippen LogP contribution >= 0.6 is 11.8 Å². The van der Waals surface area contributed by atoms with Crippen LogP contribution in [-0.4, -0.2) is 31.7 Å². The van der Waals surface area contributed by atoms with Gasteiger partial charge in [0.05, 0.1) is 0 Å². The second-order valence-electron chi connectivity index (χ2n) is 3.72. The maximum Gasteiger partial charge on any atom is 0.157 e. The van der Waals surface area contributed by atoms with E-state index in [9.17, 15) is 0 Å². The van der Waals surface area contributed by atoms with Crippen molar-refractivity contribution in [2.75, 3.05) is 5.75 Å². The van der Waals surface area contributed by atoms with Gasteiger partial charge in [-0.15, -0.1) is 10.2 Å². The molecule has 6 heteroatoms. The molecule has 1 saturated heterocycles. The van der Waals surface area contributed by atoms with Gasteiger partial charge in [0.1, 0.15) is 12.9 Å². The van der Waals surface area contributed by atoms with Crippen LogP contribution in [0.4, 0.5) is 0 Å². The molecule has 0 saturated carbocycles. The first kappa shape index (κ1) is 11.4. The molecular formula is C10H17N5S. The molecule has 0 spiro atoms. The third kappa shape index (κ3) is 2.55. The third-order valence-electron chi connectivity index (χ3n) is 2.64. The van der Waals surface area contributed by atoms with Gasteiger partial charge in [-0.05, 0) is 13.3 Å². The number of nitrogens with zero attached hydrogens (tertiary/aromatic N) is 4. The highest BCUT2D eigenvalue weighted by Gasteiger charge is 2.17. The average Bonchev–Trinajstić information content (AvgIpc) is 2.94. The van der Waals surface area contributed by atoms with Crippen LogP contribution in [0.2, 0.25) is 0 Å². The van der Waals surface area contributed by atoms with Gasteiger partial charge >= 0.3 is 0 Å². The number of hydrogen-bond donors (Lipinski definition) is 1. The molecule has 2 rings (SSSR count). The molecule has 0 radical (unpaired) electrons. The van der Waals surface area contributed by atoms with E-state index in [4.69, 9.17) is 0 Å². The molecular weight excluding hydrogens is 222 g/mol. The zero-order chi connectivity index (χ0) is 11.4. The summed E-state index contributed by atoms with van der Waals surface area (Å²) in [4.78, 5) is 4.52. The van der Waals surface area contributed by atoms with E-state index in [2.05, 4.69) is 34.4 Å². The Balaban J connectivity index is 1.94. The summed E-state index contributed by atoms with van der Waals surface area (Å²) in [6, 6.07) is 0.577. The first-order valence-corrected chi connectivity index (χ1v) is 6.62. The maximum atomic E-state index is 4.52. The van der Waals surface area contributed by atoms with Crippen molar-refractivity contribution in [2.45, 2.75) is 39.4 Å². The molecule has 1 atom stereocenters. The quantitative estimate of drug-likeness (QED) is 0.859. The van der Waals surface area contributed by atoms with Gasteiger partial charge in [0.2, 0.25) is 0 Å². The van der Waals surface area contributed by atoms with Crippen LogP contribution in [0.1, 0.15) is 26.1 Å². The molecule has 1 aliphatic heterocycles. The lowest BCUT2D eigenvalue weighted by Crippen LogP contribution is -2.25. The third-order valence-corrected chi connectivity index (χ3v) is 3.73. The fraction of sp³-hybridized carbons (Fsp3) is 0.700. The van der Waals surface area contributed by atoms with Gasteiger partial charge in [-0.2, -0.15) is 0 Å². The molecule has 5 nitrogen and oxygen atoms in total. The summed E-state index contributed by atoms with van der Waals surface area (Å²) < 4.78 is 2.01. The van der Waals surface area contributed by atoms with E-state index in [1.807, 2.05) is 4.57 Å². The van der Waals surface area contributed by atoms with Crippen molar-refractivity contribution >= 4 is 16.9 Å². The Hall–Kier alpha value is -1.04. The van der Waals surface area contributed by atoms with Crippen molar-refractivity contribution in [3.63, 3.8) is 0 Å². The van der Waals surface area contributed by atoms with Gasteiger partial charge in [0.25, 0.3) is 0 Å². The molecule has 88 valence electrons. The molecule has 1 N–H and O–H groups in total. The van der Waals surface area contributed by atoms with E-state index in [1.54, 1.807) is 18.1 Å². The van der Waals surface area contributed by atoms with Gasteiger partial charge in [0.15, 0.2) is 11.0 Å². The van der Waals surface area contributed by atoms with E-state index in [0.717, 1.165) is 29.7 Å². The molecule has 0 aromatic carbocycles. The summed E-state index contributed by atoms with van der Waals surface area (Å²) in [6.07, 6.45) is 2.90. The van der Waals surface area contributed by atoms with Gasteiger partial charge in [-0.25, -0.2) is 0 Å². The van der Waals surface area contributed by atoms with Crippen LogP contribution in [-0.2, 0) is 13.1 Å². The smallest absolute Gasteiger partial charge is 0.157 e. The highest BCUT2D eigenvalue weighted by Crippen LogP contribution is 2.16. The van der Waals surface area contributed by atoms with Crippen molar-refractivity contribution in [1.29, 1.82) is 0 Å². The maximum absolute atomic E-state index is 4.52. The van der Waals surface area contributed by atoms with Gasteiger partial charge in [-0.3, -0.25) is 4.99 Å². The number of thioether (sulfide) groups is 1. The molecule has 1 unspecified atom stereocenters. The lowest BCUT2D eigenvalue weighted by atomic mass is 10.3. The number of hydrogen-bond acceptors (Lipinski definition) is 4. The highest BCUT2D eigenvalue weighted by atomic mass is 32.2. The van der Waals surface area contributed by atoms with Crippen LogP contribution in [0.3, 0.4) is 0 Å². The summed E-state index contributed by atoms with van der Waals surface area (Å²) in [7, 11) is 0. The minimum atomic E-state index is 0.577. The lowest BCUT2D eigenvalue weighted by molar-refractivity contribution is 0.663. The minimum Gasteiger partial charge on any atom is -0.361 e. The van der Waals surface area contributed by atoms with Gasteiger partial charge in [-0.1, -0.05) is 18.7 Å². The van der Waals surface area contributed by atoms with E-state index >= 15 is 0 Å². The first-order valence-electron chi connectivity index (χ1n) is 5.64. The molecule has 0 aliphatic carbocycles. The Morgan fingerprint density at radius 2 is 2.50 bits per heavy atom. The van der Waals surface area contributed by atoms with Crippen molar-refractivity contribution in [2.24, 2.45) is 4.99 Å². The van der Waals surface area contributed by atoms with Crippen molar-refractivity contribution in [1.82, 2.24) is 20.1 Å². The first-order chi connectivity index (χ1) is 7.83. The summed E-state index contributed by atoms with van der Waals surface area (Å²) in [6.45, 7) is 5.77. The molecule has 16 heavy (non-hydrogen) atoms. The van der Waals surface area contributed by atoms with Gasteiger partial charge in [0, 0.05) is 18.3 Å². The lowest BCUT2D eigenvalue weighted by Gasteiger charge is -2.04. The molecule has 1 aliphatic rings. The Labute approximate surface area is 99.7 Å². The Bertz CT molecular complexity index is 373. The topological polar surface area (TPSA) is 55.1 Å². The normalized spacial score (nSPS) is 22.6. The molecule has 0 bridgehead atoms. The van der Waals surface area contributed by atoms with E-state index in [-0.39, 0.29) is 0 Å². The molecule has 1 fully saturated rings. The van der Waals surface area contributed by atoms with Crippen LogP contribution < -0.4 is 5.32 Å². The van der Waals surface area contributed by atoms with E-state index < -0.39 is 0 Å². The number of amidine groups is 1. The van der Waals surface area contributed by atoms with Crippen molar-refractivity contribution in [3.8, 4) is 0 Å². The zero-order valence-electron chi connectivity index (χ0n) is 9.68. The van der Waals surface area contributed by atoms with E-state index in [1.165, 1.54) is 0 Å². The fourth-order valence-electron chi connectivity index (χ4n) is 1.56. The van der Waals surface area contributed by atoms with Crippen molar-refractivity contribution in [3.05, 3.63) is 12.2 Å². The minimum absolute atomic E-state index is 0.577. The highest BCUT2D eigenvalue weighted by molar-refractivity contribution is 8.14. The van der Waals surface area contributed by atoms with Gasteiger partial charge < -0.3 is 9.88 Å². The standard InChI is InChI=1S/C10H17N5S/c1-3-8-6-16-10(13-8)11-5-9-14-12-7-15(9)4-2/h7-8H,3-6H2,1-2H3,(H,11,13). The second-order valence-corrected chi connectivity index (χ2v) is 4.72. The SMILES string of the molecule is CCC1CSC(=NCc2nncn2CC)N1. The number of rotatable bonds is 4. The monoisotopic (exact) mass is 239 g/mol. The molecule has 1 aromatic rings. The molecule has 2 heterocycles. The summed E-state index contributed by atoms with van der Waals surface area (Å²) in [5.74, 6) is 2.05. The second kappa shape index (κ2) is 5.34.